The van der Waals surface area contributed by atoms with E-state index in [9.17, 15) is 0 Å². The quantitative estimate of drug-likeness (QED) is 0.353. The van der Waals surface area contributed by atoms with E-state index in [0.29, 0.717) is 0 Å². The first-order valence-corrected chi connectivity index (χ1v) is 2.79. The van der Waals surface area contributed by atoms with Crippen molar-refractivity contribution in [3.05, 3.63) is 0 Å². The van der Waals surface area contributed by atoms with Gasteiger partial charge in [0.25, 0.3) is 0 Å². The van der Waals surface area contributed by atoms with E-state index in [0.717, 1.165) is 4.48 Å². The van der Waals surface area contributed by atoms with E-state index in [1.165, 1.54) is 0 Å². The summed E-state index contributed by atoms with van der Waals surface area (Å²) in [6.45, 7) is 4.00. The van der Waals surface area contributed by atoms with Gasteiger partial charge in [-0.2, -0.15) is 0 Å². The van der Waals surface area contributed by atoms with Crippen molar-refractivity contribution >= 4 is 0 Å². The molecule has 0 aliphatic rings. The maximum Gasteiger partial charge on any atom is 0.0675 e. The van der Waals surface area contributed by atoms with Gasteiger partial charge in [0.2, 0.25) is 0 Å². The van der Waals surface area contributed by atoms with E-state index in [1.54, 1.807) is 0 Å². The third-order valence-electron chi connectivity index (χ3n) is 0. The molecule has 0 bridgehead atoms. The van der Waals surface area contributed by atoms with Crippen molar-refractivity contribution in [2.24, 2.45) is 0 Å². The minimum atomic E-state index is 0. The SMILES string of the molecule is CC.C[N+](C)(C)C.[Cl-]. The minimum absolute atomic E-state index is 0. The molecule has 0 heterocycles. The zero-order valence-electron chi connectivity index (χ0n) is 6.83. The lowest BCUT2D eigenvalue weighted by atomic mass is 10.8. The second-order valence-corrected chi connectivity index (χ2v) is 2.68. The number of hydrogen-bond donors (Lipinski definition) is 0. The van der Waals surface area contributed by atoms with E-state index in [2.05, 4.69) is 28.2 Å². The van der Waals surface area contributed by atoms with Crippen molar-refractivity contribution in [1.29, 1.82) is 0 Å². The molecule has 0 amide bonds. The van der Waals surface area contributed by atoms with Crippen LogP contribution >= 0.6 is 0 Å². The van der Waals surface area contributed by atoms with Gasteiger partial charge in [-0.15, -0.1) is 0 Å². The molecular weight excluding hydrogens is 122 g/mol. The lowest BCUT2D eigenvalue weighted by Crippen LogP contribution is -3.00. The van der Waals surface area contributed by atoms with Crippen LogP contribution in [0.3, 0.4) is 0 Å². The monoisotopic (exact) mass is 139 g/mol. The molecular formula is C6H18ClN. The van der Waals surface area contributed by atoms with Crippen molar-refractivity contribution in [2.75, 3.05) is 28.2 Å². The predicted octanol–water partition coefficient (Wildman–Crippen LogP) is -1.65. The highest BCUT2D eigenvalue weighted by Crippen LogP contribution is 1.73. The molecule has 2 heteroatoms. The van der Waals surface area contributed by atoms with Gasteiger partial charge < -0.3 is 16.9 Å². The fourth-order valence-electron chi connectivity index (χ4n) is 0. The van der Waals surface area contributed by atoms with Crippen molar-refractivity contribution in [2.45, 2.75) is 13.8 Å². The Morgan fingerprint density at radius 3 is 0.750 bits per heavy atom. The molecule has 0 saturated heterocycles. The molecule has 1 nitrogen and oxygen atoms in total. The zero-order valence-corrected chi connectivity index (χ0v) is 7.58. The molecule has 0 aromatic rings. The fourth-order valence-corrected chi connectivity index (χ4v) is 0. The maximum absolute atomic E-state index is 2.12. The summed E-state index contributed by atoms with van der Waals surface area (Å²) in [7, 11) is 8.50. The van der Waals surface area contributed by atoms with Crippen LogP contribution < -0.4 is 12.4 Å². The number of hydrogen-bond acceptors (Lipinski definition) is 0. The summed E-state index contributed by atoms with van der Waals surface area (Å²) in [4.78, 5) is 0. The lowest BCUT2D eigenvalue weighted by Gasteiger charge is -2.14. The van der Waals surface area contributed by atoms with Gasteiger partial charge in [-0.3, -0.25) is 0 Å². The lowest BCUT2D eigenvalue weighted by molar-refractivity contribution is -0.849. The third-order valence-corrected chi connectivity index (χ3v) is 0. The van der Waals surface area contributed by atoms with Crippen LogP contribution in [0.1, 0.15) is 13.8 Å². The summed E-state index contributed by atoms with van der Waals surface area (Å²) < 4.78 is 1.00. The Bertz CT molecular complexity index is 24.0. The maximum atomic E-state index is 2.12. The molecule has 0 radical (unpaired) electrons. The van der Waals surface area contributed by atoms with Crippen LogP contribution in [-0.4, -0.2) is 32.7 Å². The summed E-state index contributed by atoms with van der Waals surface area (Å²) in [6.07, 6.45) is 0. The van der Waals surface area contributed by atoms with Gasteiger partial charge in [0.05, 0.1) is 28.2 Å². The van der Waals surface area contributed by atoms with E-state index in [-0.39, 0.29) is 12.4 Å². The van der Waals surface area contributed by atoms with Crippen LogP contribution in [0.25, 0.3) is 0 Å². The van der Waals surface area contributed by atoms with E-state index < -0.39 is 0 Å². The van der Waals surface area contributed by atoms with Crippen molar-refractivity contribution in [3.63, 3.8) is 0 Å². The molecule has 54 valence electrons. The fraction of sp³-hybridized carbons (Fsp3) is 1.00. The molecule has 0 N–H and O–H groups in total. The molecule has 8 heavy (non-hydrogen) atoms. The van der Waals surface area contributed by atoms with Crippen LogP contribution in [0.5, 0.6) is 0 Å². The van der Waals surface area contributed by atoms with Crippen molar-refractivity contribution in [1.82, 2.24) is 0 Å². The zero-order chi connectivity index (χ0) is 6.50. The second-order valence-electron chi connectivity index (χ2n) is 2.68. The van der Waals surface area contributed by atoms with Crippen LogP contribution in [0.4, 0.5) is 0 Å². The first kappa shape index (κ1) is 15.7. The highest BCUT2D eigenvalue weighted by molar-refractivity contribution is 3.87. The van der Waals surface area contributed by atoms with Crippen LogP contribution in [0.15, 0.2) is 0 Å². The predicted molar refractivity (Wildman–Crippen MR) is 35.3 cm³/mol. The van der Waals surface area contributed by atoms with E-state index in [4.69, 9.17) is 0 Å². The van der Waals surface area contributed by atoms with Gasteiger partial charge in [0, 0.05) is 0 Å². The standard InChI is InChI=1S/C4H12N.C2H6.ClH/c1-5(2,3)4;1-2;/h1-4H3;1-2H3;1H/q+1;;/p-1. The van der Waals surface area contributed by atoms with Gasteiger partial charge in [-0.1, -0.05) is 13.8 Å². The van der Waals surface area contributed by atoms with Gasteiger partial charge in [0.1, 0.15) is 0 Å². The highest BCUT2D eigenvalue weighted by Gasteiger charge is 1.88. The Kier molecular flexibility index (Phi) is 14.3. The Balaban J connectivity index is -0.0000000750. The Morgan fingerprint density at radius 2 is 0.750 bits per heavy atom. The molecule has 0 atom stereocenters. The topological polar surface area (TPSA) is 0 Å². The van der Waals surface area contributed by atoms with E-state index in [1.807, 2.05) is 13.8 Å². The summed E-state index contributed by atoms with van der Waals surface area (Å²) in [5.41, 5.74) is 0. The van der Waals surface area contributed by atoms with Gasteiger partial charge in [-0.25, -0.2) is 0 Å². The smallest absolute Gasteiger partial charge is 0.0675 e. The molecule has 0 rings (SSSR count). The Labute approximate surface area is 59.7 Å². The number of halogens is 1. The molecule has 0 aromatic heterocycles. The first-order chi connectivity index (χ1) is 3.00. The normalized spacial score (nSPS) is 8.25. The average Bonchev–Trinajstić information content (AvgIpc) is 1.36. The molecule has 0 spiro atoms. The summed E-state index contributed by atoms with van der Waals surface area (Å²) in [5.74, 6) is 0. The van der Waals surface area contributed by atoms with Crippen molar-refractivity contribution in [3.8, 4) is 0 Å². The Morgan fingerprint density at radius 1 is 0.750 bits per heavy atom. The van der Waals surface area contributed by atoms with Crippen LogP contribution in [-0.2, 0) is 0 Å². The molecule has 0 aliphatic carbocycles. The molecule has 0 unspecified atom stereocenters. The second kappa shape index (κ2) is 7.25. The van der Waals surface area contributed by atoms with E-state index >= 15 is 0 Å². The van der Waals surface area contributed by atoms with Crippen molar-refractivity contribution < 1.29 is 16.9 Å². The summed E-state index contributed by atoms with van der Waals surface area (Å²) >= 11 is 0. The minimum Gasteiger partial charge on any atom is -1.00 e. The molecule has 0 aromatic carbocycles. The molecule has 0 fully saturated rings. The first-order valence-electron chi connectivity index (χ1n) is 2.79. The van der Waals surface area contributed by atoms with Crippen LogP contribution in [0, 0.1) is 0 Å². The number of quaternary nitrogens is 1. The molecule has 0 aliphatic heterocycles. The molecule has 0 saturated carbocycles. The number of nitrogens with zero attached hydrogens (tertiary/aromatic N) is 1. The highest BCUT2D eigenvalue weighted by atomic mass is 35.5. The van der Waals surface area contributed by atoms with Gasteiger partial charge in [0.15, 0.2) is 0 Å². The van der Waals surface area contributed by atoms with Crippen LogP contribution in [0.2, 0.25) is 0 Å². The third kappa shape index (κ3) is 2760. The van der Waals surface area contributed by atoms with Gasteiger partial charge >= 0.3 is 0 Å². The Hall–Kier alpha value is 0.250. The summed E-state index contributed by atoms with van der Waals surface area (Å²) in [6, 6.07) is 0. The van der Waals surface area contributed by atoms with Gasteiger partial charge in [-0.05, 0) is 0 Å². The number of rotatable bonds is 0. The largest absolute Gasteiger partial charge is 1.00 e. The summed E-state index contributed by atoms with van der Waals surface area (Å²) in [5, 5.41) is 0. The average molecular weight is 140 g/mol.